The summed E-state index contributed by atoms with van der Waals surface area (Å²) < 4.78 is 0. The third kappa shape index (κ3) is 2.44. The minimum absolute atomic E-state index is 0.0353. The normalized spacial score (nSPS) is 21.3. The number of hydrogen-bond donors (Lipinski definition) is 2. The minimum Gasteiger partial charge on any atom is -0.354 e. The van der Waals surface area contributed by atoms with Gasteiger partial charge in [0, 0.05) is 6.54 Å². The number of nitrogens with two attached hydrogens (primary N) is 1. The molecule has 0 radical (unpaired) electrons. The van der Waals surface area contributed by atoms with Crippen LogP contribution >= 0.6 is 0 Å². The molecule has 3 N–H and O–H groups in total. The smallest absolute Gasteiger partial charge is 0.236 e. The van der Waals surface area contributed by atoms with Gasteiger partial charge < -0.3 is 11.1 Å². The van der Waals surface area contributed by atoms with E-state index in [1.165, 1.54) is 12.8 Å². The van der Waals surface area contributed by atoms with Gasteiger partial charge in [0.15, 0.2) is 0 Å². The van der Waals surface area contributed by atoms with Gasteiger partial charge in [-0.05, 0) is 31.1 Å². The Morgan fingerprint density at radius 2 is 2.00 bits per heavy atom. The molecule has 3 heteroatoms. The third-order valence-electron chi connectivity index (χ3n) is 3.15. The van der Waals surface area contributed by atoms with Crippen molar-refractivity contribution in [1.29, 1.82) is 0 Å². The highest BCUT2D eigenvalue weighted by molar-refractivity contribution is 5.81. The zero-order valence-corrected chi connectivity index (χ0v) is 8.76. The molecule has 0 aromatic carbocycles. The van der Waals surface area contributed by atoms with E-state index in [1.54, 1.807) is 6.92 Å². The van der Waals surface area contributed by atoms with Crippen LogP contribution in [-0.4, -0.2) is 18.5 Å². The molecule has 1 aliphatic rings. The molecule has 1 saturated carbocycles. The van der Waals surface area contributed by atoms with Crippen molar-refractivity contribution in [3.8, 4) is 0 Å². The summed E-state index contributed by atoms with van der Waals surface area (Å²) in [6.07, 6.45) is 2.48. The molecular weight excluding hydrogens is 164 g/mol. The number of carbonyl (C=O) groups is 1. The van der Waals surface area contributed by atoms with Crippen LogP contribution in [-0.2, 0) is 4.79 Å². The predicted molar refractivity (Wildman–Crippen MR) is 53.2 cm³/mol. The zero-order valence-electron chi connectivity index (χ0n) is 8.76. The van der Waals surface area contributed by atoms with Gasteiger partial charge in [-0.1, -0.05) is 13.8 Å². The maximum absolute atomic E-state index is 11.2. The Labute approximate surface area is 80.1 Å². The van der Waals surface area contributed by atoms with E-state index in [9.17, 15) is 4.79 Å². The third-order valence-corrected chi connectivity index (χ3v) is 3.15. The molecule has 1 rings (SSSR count). The average molecular weight is 184 g/mol. The highest BCUT2D eigenvalue weighted by Crippen LogP contribution is 2.51. The van der Waals surface area contributed by atoms with Crippen molar-refractivity contribution in [2.45, 2.75) is 39.7 Å². The van der Waals surface area contributed by atoms with E-state index in [1.807, 2.05) is 0 Å². The van der Waals surface area contributed by atoms with Gasteiger partial charge >= 0.3 is 0 Å². The lowest BCUT2D eigenvalue weighted by Gasteiger charge is -2.20. The standard InChI is InChI=1S/C10H20N2O/c1-7(2)10(4-5-10)6-12-9(13)8(3)11/h7-8H,4-6,11H2,1-3H3,(H,12,13)/t8-/m1/s1. The molecule has 1 aliphatic carbocycles. The van der Waals surface area contributed by atoms with Crippen LogP contribution in [0.5, 0.6) is 0 Å². The molecule has 1 amide bonds. The van der Waals surface area contributed by atoms with Crippen LogP contribution in [0.15, 0.2) is 0 Å². The molecule has 0 unspecified atom stereocenters. The molecule has 0 bridgehead atoms. The van der Waals surface area contributed by atoms with Crippen molar-refractivity contribution in [2.24, 2.45) is 17.1 Å². The van der Waals surface area contributed by atoms with Crippen molar-refractivity contribution >= 4 is 5.91 Å². The Balaban J connectivity index is 2.31. The largest absolute Gasteiger partial charge is 0.354 e. The summed E-state index contributed by atoms with van der Waals surface area (Å²) in [7, 11) is 0. The Kier molecular flexibility index (Phi) is 2.96. The fraction of sp³-hybridized carbons (Fsp3) is 0.900. The number of amides is 1. The van der Waals surface area contributed by atoms with Crippen molar-refractivity contribution < 1.29 is 4.79 Å². The predicted octanol–water partition coefficient (Wildman–Crippen LogP) is 0.886. The van der Waals surface area contributed by atoms with Gasteiger partial charge in [-0.3, -0.25) is 4.79 Å². The number of rotatable bonds is 4. The highest BCUT2D eigenvalue weighted by atomic mass is 16.2. The van der Waals surface area contributed by atoms with Crippen molar-refractivity contribution in [1.82, 2.24) is 5.32 Å². The van der Waals surface area contributed by atoms with Crippen molar-refractivity contribution in [2.75, 3.05) is 6.54 Å². The molecule has 0 spiro atoms. The fourth-order valence-electron chi connectivity index (χ4n) is 1.54. The summed E-state index contributed by atoms with van der Waals surface area (Å²) in [5, 5.41) is 2.90. The van der Waals surface area contributed by atoms with Crippen LogP contribution < -0.4 is 11.1 Å². The lowest BCUT2D eigenvalue weighted by Crippen LogP contribution is -2.41. The van der Waals surface area contributed by atoms with Gasteiger partial charge in [0.25, 0.3) is 0 Å². The molecule has 3 nitrogen and oxygen atoms in total. The van der Waals surface area contributed by atoms with Crippen LogP contribution in [0.3, 0.4) is 0 Å². The van der Waals surface area contributed by atoms with Gasteiger partial charge in [-0.15, -0.1) is 0 Å². The number of hydrogen-bond acceptors (Lipinski definition) is 2. The topological polar surface area (TPSA) is 55.1 Å². The van der Waals surface area contributed by atoms with Crippen molar-refractivity contribution in [3.63, 3.8) is 0 Å². The van der Waals surface area contributed by atoms with E-state index in [2.05, 4.69) is 19.2 Å². The fourth-order valence-corrected chi connectivity index (χ4v) is 1.54. The molecule has 0 aromatic rings. The maximum Gasteiger partial charge on any atom is 0.236 e. The molecule has 0 heterocycles. The lowest BCUT2D eigenvalue weighted by atomic mass is 9.92. The first kappa shape index (κ1) is 10.5. The molecule has 13 heavy (non-hydrogen) atoms. The summed E-state index contributed by atoms with van der Waals surface area (Å²) in [6.45, 7) is 6.94. The Morgan fingerprint density at radius 3 is 2.31 bits per heavy atom. The monoisotopic (exact) mass is 184 g/mol. The molecule has 76 valence electrons. The van der Waals surface area contributed by atoms with Gasteiger partial charge in [-0.25, -0.2) is 0 Å². The highest BCUT2D eigenvalue weighted by Gasteiger charge is 2.45. The molecule has 1 atom stereocenters. The van der Waals surface area contributed by atoms with Crippen molar-refractivity contribution in [3.05, 3.63) is 0 Å². The first-order valence-electron chi connectivity index (χ1n) is 5.01. The molecular formula is C10H20N2O. The van der Waals surface area contributed by atoms with Gasteiger partial charge in [0.2, 0.25) is 5.91 Å². The first-order chi connectivity index (χ1) is 5.98. The van der Waals surface area contributed by atoms with Crippen LogP contribution in [0.1, 0.15) is 33.6 Å². The summed E-state index contributed by atoms with van der Waals surface area (Å²) in [6, 6.07) is -0.386. The summed E-state index contributed by atoms with van der Waals surface area (Å²) in [4.78, 5) is 11.2. The molecule has 1 fully saturated rings. The first-order valence-corrected chi connectivity index (χ1v) is 5.01. The second kappa shape index (κ2) is 3.66. The van der Waals surface area contributed by atoms with E-state index >= 15 is 0 Å². The van der Waals surface area contributed by atoms with Crippen LogP contribution in [0.2, 0.25) is 0 Å². The average Bonchev–Trinajstić information content (AvgIpc) is 2.80. The van der Waals surface area contributed by atoms with E-state index in [0.29, 0.717) is 11.3 Å². The summed E-state index contributed by atoms with van der Waals surface area (Å²) in [5.41, 5.74) is 5.83. The Bertz CT molecular complexity index is 195. The lowest BCUT2D eigenvalue weighted by molar-refractivity contribution is -0.122. The summed E-state index contributed by atoms with van der Waals surface area (Å²) >= 11 is 0. The quantitative estimate of drug-likeness (QED) is 0.681. The minimum atomic E-state index is -0.386. The van der Waals surface area contributed by atoms with Crippen LogP contribution in [0.4, 0.5) is 0 Å². The van der Waals surface area contributed by atoms with Crippen LogP contribution in [0, 0.1) is 11.3 Å². The van der Waals surface area contributed by atoms with Gasteiger partial charge in [0.1, 0.15) is 0 Å². The number of nitrogens with one attached hydrogen (secondary N) is 1. The zero-order chi connectivity index (χ0) is 10.1. The molecule has 0 aliphatic heterocycles. The maximum atomic E-state index is 11.2. The number of carbonyl (C=O) groups excluding carboxylic acids is 1. The van der Waals surface area contributed by atoms with Gasteiger partial charge in [-0.2, -0.15) is 0 Å². The summed E-state index contributed by atoms with van der Waals surface area (Å²) in [5.74, 6) is 0.618. The van der Waals surface area contributed by atoms with E-state index < -0.39 is 0 Å². The molecule has 0 saturated heterocycles. The Hall–Kier alpha value is -0.570. The SMILES string of the molecule is CC(C)C1(CNC(=O)[C@@H](C)N)CC1. The Morgan fingerprint density at radius 1 is 1.46 bits per heavy atom. The second-order valence-corrected chi connectivity index (χ2v) is 4.52. The second-order valence-electron chi connectivity index (χ2n) is 4.52. The van der Waals surface area contributed by atoms with E-state index in [-0.39, 0.29) is 11.9 Å². The van der Waals surface area contributed by atoms with Crippen LogP contribution in [0.25, 0.3) is 0 Å². The van der Waals surface area contributed by atoms with E-state index in [0.717, 1.165) is 6.54 Å². The molecule has 0 aromatic heterocycles. The van der Waals surface area contributed by atoms with Gasteiger partial charge in [0.05, 0.1) is 6.04 Å². The van der Waals surface area contributed by atoms with E-state index in [4.69, 9.17) is 5.73 Å².